The molecule has 0 radical (unpaired) electrons. The molecular weight excluding hydrogens is 378 g/mol. The Morgan fingerprint density at radius 2 is 1.60 bits per heavy atom. The first kappa shape index (κ1) is 19.5. The number of cyclic esters (lactones) is 1. The topological polar surface area (TPSA) is 57.1 Å². The van der Waals surface area contributed by atoms with Crippen LogP contribution < -0.4 is 9.47 Å². The van der Waals surface area contributed by atoms with E-state index in [9.17, 15) is 4.79 Å². The molecule has 0 aliphatic carbocycles. The number of carbonyl (C=O) groups excluding carboxylic acids is 1. The quantitative estimate of drug-likeness (QED) is 0.325. The van der Waals surface area contributed by atoms with Crippen LogP contribution in [-0.4, -0.2) is 25.1 Å². The third kappa shape index (κ3) is 4.94. The highest BCUT2D eigenvalue weighted by Gasteiger charge is 2.23. The van der Waals surface area contributed by atoms with Crippen LogP contribution in [0.4, 0.5) is 0 Å². The molecule has 0 N–H and O–H groups in total. The van der Waals surface area contributed by atoms with E-state index in [1.54, 1.807) is 6.08 Å². The van der Waals surface area contributed by atoms with E-state index in [-0.39, 0.29) is 5.70 Å². The smallest absolute Gasteiger partial charge is 0.363 e. The molecule has 0 amide bonds. The summed E-state index contributed by atoms with van der Waals surface area (Å²) in [6.45, 7) is 2.88. The van der Waals surface area contributed by atoms with Gasteiger partial charge >= 0.3 is 5.97 Å². The van der Waals surface area contributed by atoms with Gasteiger partial charge in [0.1, 0.15) is 24.7 Å². The molecule has 0 bridgehead atoms. The van der Waals surface area contributed by atoms with Crippen LogP contribution in [-0.2, 0) is 9.53 Å². The number of benzene rings is 3. The monoisotopic (exact) mass is 399 g/mol. The molecule has 3 aromatic rings. The zero-order chi connectivity index (χ0) is 20.8. The molecule has 3 aromatic carbocycles. The van der Waals surface area contributed by atoms with E-state index in [4.69, 9.17) is 14.2 Å². The molecule has 0 fully saturated rings. The molecule has 0 saturated carbocycles. The van der Waals surface area contributed by atoms with Crippen LogP contribution in [0.5, 0.6) is 11.5 Å². The molecule has 4 rings (SSSR count). The Bertz CT molecular complexity index is 1090. The molecular formula is C25H21NO4. The summed E-state index contributed by atoms with van der Waals surface area (Å²) in [4.78, 5) is 16.5. The second-order valence-corrected chi connectivity index (χ2v) is 6.78. The van der Waals surface area contributed by atoms with E-state index in [0.29, 0.717) is 24.9 Å². The second kappa shape index (κ2) is 9.09. The summed E-state index contributed by atoms with van der Waals surface area (Å²) in [5.41, 5.74) is 3.02. The highest BCUT2D eigenvalue weighted by molar-refractivity contribution is 6.12. The lowest BCUT2D eigenvalue weighted by molar-refractivity contribution is -0.129. The van der Waals surface area contributed by atoms with Gasteiger partial charge in [0, 0.05) is 5.56 Å². The molecule has 1 aliphatic heterocycles. The Balaban J connectivity index is 1.37. The molecule has 1 heterocycles. The van der Waals surface area contributed by atoms with E-state index >= 15 is 0 Å². The molecule has 0 spiro atoms. The standard InChI is InChI=1S/C25H21NO4/c1-18-10-12-21(13-11-18)28-14-15-29-22-9-5-6-19(16-22)17-23-25(27)30-24(26-23)20-7-3-2-4-8-20/h2-13,16-17H,14-15H2,1H3. The second-order valence-electron chi connectivity index (χ2n) is 6.78. The Morgan fingerprint density at radius 3 is 2.37 bits per heavy atom. The number of aryl methyl sites for hydroxylation is 1. The van der Waals surface area contributed by atoms with Crippen molar-refractivity contribution in [2.75, 3.05) is 13.2 Å². The molecule has 0 aromatic heterocycles. The lowest BCUT2D eigenvalue weighted by Crippen LogP contribution is -2.09. The predicted octanol–water partition coefficient (Wildman–Crippen LogP) is 4.80. The fourth-order valence-corrected chi connectivity index (χ4v) is 2.92. The van der Waals surface area contributed by atoms with Crippen LogP contribution in [0, 0.1) is 6.92 Å². The first-order valence-corrected chi connectivity index (χ1v) is 9.68. The van der Waals surface area contributed by atoms with Gasteiger partial charge in [0.05, 0.1) is 0 Å². The summed E-state index contributed by atoms with van der Waals surface area (Å²) in [7, 11) is 0. The van der Waals surface area contributed by atoms with Gasteiger partial charge in [-0.05, 0) is 55.0 Å². The number of hydrogen-bond donors (Lipinski definition) is 0. The minimum atomic E-state index is -0.466. The van der Waals surface area contributed by atoms with E-state index in [2.05, 4.69) is 4.99 Å². The highest BCUT2D eigenvalue weighted by atomic mass is 16.6. The minimum absolute atomic E-state index is 0.258. The molecule has 5 nitrogen and oxygen atoms in total. The number of aliphatic imine (C=N–C) groups is 1. The zero-order valence-corrected chi connectivity index (χ0v) is 16.6. The van der Waals surface area contributed by atoms with Crippen molar-refractivity contribution in [3.05, 3.63) is 101 Å². The summed E-state index contributed by atoms with van der Waals surface area (Å²) < 4.78 is 16.7. The number of hydrogen-bond acceptors (Lipinski definition) is 5. The van der Waals surface area contributed by atoms with Gasteiger partial charge in [0.2, 0.25) is 5.90 Å². The third-order valence-corrected chi connectivity index (χ3v) is 4.44. The fraction of sp³-hybridized carbons (Fsp3) is 0.120. The molecule has 0 unspecified atom stereocenters. The summed E-state index contributed by atoms with van der Waals surface area (Å²) in [5.74, 6) is 1.35. The predicted molar refractivity (Wildman–Crippen MR) is 116 cm³/mol. The van der Waals surface area contributed by atoms with Crippen LogP contribution in [0.25, 0.3) is 6.08 Å². The molecule has 1 aliphatic rings. The van der Waals surface area contributed by atoms with Gasteiger partial charge in [-0.3, -0.25) is 0 Å². The van der Waals surface area contributed by atoms with Crippen molar-refractivity contribution < 1.29 is 19.0 Å². The van der Waals surface area contributed by atoms with Crippen LogP contribution in [0.1, 0.15) is 16.7 Å². The zero-order valence-electron chi connectivity index (χ0n) is 16.6. The first-order chi connectivity index (χ1) is 14.7. The van der Waals surface area contributed by atoms with Crippen molar-refractivity contribution in [2.45, 2.75) is 6.92 Å². The largest absolute Gasteiger partial charge is 0.490 e. The molecule has 0 atom stereocenters. The van der Waals surface area contributed by atoms with Gasteiger partial charge in [-0.2, -0.15) is 0 Å². The Morgan fingerprint density at radius 1 is 0.867 bits per heavy atom. The number of esters is 1. The number of ether oxygens (including phenoxy) is 3. The van der Waals surface area contributed by atoms with E-state index in [1.165, 1.54) is 5.56 Å². The Labute approximate surface area is 175 Å². The number of rotatable bonds is 7. The maximum atomic E-state index is 12.2. The van der Waals surface area contributed by atoms with Crippen LogP contribution in [0.15, 0.2) is 89.6 Å². The minimum Gasteiger partial charge on any atom is -0.490 e. The number of nitrogens with zero attached hydrogens (tertiary/aromatic N) is 1. The lowest BCUT2D eigenvalue weighted by Gasteiger charge is -2.09. The van der Waals surface area contributed by atoms with E-state index in [0.717, 1.165) is 16.9 Å². The van der Waals surface area contributed by atoms with Crippen LogP contribution in [0.2, 0.25) is 0 Å². The first-order valence-electron chi connectivity index (χ1n) is 9.68. The lowest BCUT2D eigenvalue weighted by atomic mass is 10.2. The van der Waals surface area contributed by atoms with Crippen LogP contribution in [0.3, 0.4) is 0 Å². The molecule has 0 saturated heterocycles. The van der Waals surface area contributed by atoms with Gasteiger partial charge in [0.25, 0.3) is 0 Å². The highest BCUT2D eigenvalue weighted by Crippen LogP contribution is 2.21. The summed E-state index contributed by atoms with van der Waals surface area (Å²) >= 11 is 0. The van der Waals surface area contributed by atoms with E-state index < -0.39 is 5.97 Å². The molecule has 30 heavy (non-hydrogen) atoms. The molecule has 150 valence electrons. The average molecular weight is 399 g/mol. The van der Waals surface area contributed by atoms with Gasteiger partial charge in [-0.15, -0.1) is 0 Å². The van der Waals surface area contributed by atoms with E-state index in [1.807, 2.05) is 85.8 Å². The summed E-state index contributed by atoms with van der Waals surface area (Å²) in [6, 6.07) is 24.7. The summed E-state index contributed by atoms with van der Waals surface area (Å²) in [6.07, 6.45) is 1.69. The maximum absolute atomic E-state index is 12.2. The van der Waals surface area contributed by atoms with Gasteiger partial charge in [-0.25, -0.2) is 9.79 Å². The Hall–Kier alpha value is -3.86. The van der Waals surface area contributed by atoms with Gasteiger partial charge in [-0.1, -0.05) is 48.0 Å². The fourth-order valence-electron chi connectivity index (χ4n) is 2.92. The average Bonchev–Trinajstić information content (AvgIpc) is 3.14. The van der Waals surface area contributed by atoms with Crippen molar-refractivity contribution in [2.24, 2.45) is 4.99 Å². The van der Waals surface area contributed by atoms with Gasteiger partial charge in [0.15, 0.2) is 5.70 Å². The normalized spacial score (nSPS) is 14.4. The summed E-state index contributed by atoms with van der Waals surface area (Å²) in [5, 5.41) is 0. The van der Waals surface area contributed by atoms with Crippen LogP contribution >= 0.6 is 0 Å². The maximum Gasteiger partial charge on any atom is 0.363 e. The van der Waals surface area contributed by atoms with Crippen molar-refractivity contribution in [3.63, 3.8) is 0 Å². The molecule has 5 heteroatoms. The van der Waals surface area contributed by atoms with Crippen molar-refractivity contribution in [3.8, 4) is 11.5 Å². The van der Waals surface area contributed by atoms with Gasteiger partial charge < -0.3 is 14.2 Å². The Kier molecular flexibility index (Phi) is 5.90. The van der Waals surface area contributed by atoms with Crippen molar-refractivity contribution in [1.29, 1.82) is 0 Å². The number of carbonyl (C=O) groups is 1. The SMILES string of the molecule is Cc1ccc(OCCOc2cccc(C=C3N=C(c4ccccc4)OC3=O)c2)cc1. The third-order valence-electron chi connectivity index (χ3n) is 4.44. The van der Waals surface area contributed by atoms with Crippen molar-refractivity contribution in [1.82, 2.24) is 0 Å². The van der Waals surface area contributed by atoms with Crippen molar-refractivity contribution >= 4 is 17.9 Å².